The van der Waals surface area contributed by atoms with Gasteiger partial charge in [0.1, 0.15) is 9.71 Å². The number of pyridine rings is 1. The molecule has 2 fully saturated rings. The number of fused-ring (bicyclic) bond motifs is 1. The van der Waals surface area contributed by atoms with Crippen LogP contribution in [-0.2, 0) is 0 Å². The number of carbonyl (C=O) groups excluding carboxylic acids is 1. The van der Waals surface area contributed by atoms with Gasteiger partial charge in [0.15, 0.2) is 0 Å². The maximum atomic E-state index is 13.9. The first-order chi connectivity index (χ1) is 15.6. The lowest BCUT2D eigenvalue weighted by Gasteiger charge is -2.41. The van der Waals surface area contributed by atoms with E-state index < -0.39 is 0 Å². The van der Waals surface area contributed by atoms with E-state index in [1.165, 1.54) is 49.9 Å². The molecule has 168 valence electrons. The Bertz CT molecular complexity index is 1080. The summed E-state index contributed by atoms with van der Waals surface area (Å²) in [6, 6.07) is 12.3. The number of carbonyl (C=O) groups is 1. The Hall–Kier alpha value is -2.11. The van der Waals surface area contributed by atoms with Crippen LogP contribution in [0.1, 0.15) is 73.9 Å². The van der Waals surface area contributed by atoms with Gasteiger partial charge in [-0.2, -0.15) is 0 Å². The highest BCUT2D eigenvalue weighted by molar-refractivity contribution is 7.21. The van der Waals surface area contributed by atoms with Gasteiger partial charge in [-0.25, -0.2) is 4.98 Å². The third kappa shape index (κ3) is 4.25. The minimum Gasteiger partial charge on any atom is -0.397 e. The average Bonchev–Trinajstić information content (AvgIpc) is 3.17. The largest absolute Gasteiger partial charge is 0.397 e. The Balaban J connectivity index is 1.50. The van der Waals surface area contributed by atoms with Crippen molar-refractivity contribution in [1.82, 2.24) is 9.88 Å². The summed E-state index contributed by atoms with van der Waals surface area (Å²) in [5.74, 6) is 0.123. The first kappa shape index (κ1) is 21.7. The van der Waals surface area contributed by atoms with Gasteiger partial charge in [0, 0.05) is 28.1 Å². The molecule has 0 aliphatic heterocycles. The number of hydrogen-bond acceptors (Lipinski definition) is 4. The fraction of sp³-hybridized carbons (Fsp3) is 0.462. The molecular formula is C26H30ClN3OS. The molecule has 2 aromatic heterocycles. The van der Waals surface area contributed by atoms with Gasteiger partial charge in [-0.15, -0.1) is 11.3 Å². The summed E-state index contributed by atoms with van der Waals surface area (Å²) < 4.78 is 0. The highest BCUT2D eigenvalue weighted by Gasteiger charge is 2.35. The SMILES string of the molecule is Nc1c(C(=O)N(C2CCCCC2)C2CCCCC2)sc2nc(-c3ccc(Cl)cc3)ccc12. The number of anilines is 1. The van der Waals surface area contributed by atoms with E-state index in [0.29, 0.717) is 27.7 Å². The maximum Gasteiger partial charge on any atom is 0.266 e. The van der Waals surface area contributed by atoms with E-state index in [1.54, 1.807) is 0 Å². The standard InChI is InChI=1S/C26H30ClN3OS/c27-18-13-11-17(12-14-18)22-16-15-21-23(28)24(32-25(21)29-22)26(31)30(19-7-3-1-4-8-19)20-9-5-2-6-10-20/h11-16,19-20H,1-10,28H2. The molecule has 2 aliphatic carbocycles. The molecule has 2 aliphatic rings. The van der Waals surface area contributed by atoms with Crippen LogP contribution in [0.25, 0.3) is 21.5 Å². The van der Waals surface area contributed by atoms with Crippen molar-refractivity contribution in [2.45, 2.75) is 76.3 Å². The third-order valence-corrected chi connectivity index (χ3v) is 8.45. The second-order valence-corrected chi connectivity index (χ2v) is 10.6. The Morgan fingerprint density at radius 1 is 0.906 bits per heavy atom. The Kier molecular flexibility index (Phi) is 6.38. The average molecular weight is 468 g/mol. The van der Waals surface area contributed by atoms with Crippen molar-refractivity contribution in [1.29, 1.82) is 0 Å². The zero-order chi connectivity index (χ0) is 22.1. The molecule has 0 spiro atoms. The van der Waals surface area contributed by atoms with Crippen LogP contribution in [-0.4, -0.2) is 27.9 Å². The van der Waals surface area contributed by atoms with Crippen LogP contribution < -0.4 is 5.73 Å². The molecule has 0 radical (unpaired) electrons. The minimum absolute atomic E-state index is 0.123. The van der Waals surface area contributed by atoms with Crippen molar-refractivity contribution in [3.8, 4) is 11.3 Å². The van der Waals surface area contributed by atoms with Gasteiger partial charge in [0.05, 0.1) is 11.4 Å². The van der Waals surface area contributed by atoms with Crippen LogP contribution in [0.15, 0.2) is 36.4 Å². The van der Waals surface area contributed by atoms with Gasteiger partial charge >= 0.3 is 0 Å². The molecule has 2 saturated carbocycles. The Morgan fingerprint density at radius 2 is 1.50 bits per heavy atom. The number of aromatic nitrogens is 1. The minimum atomic E-state index is 0.123. The predicted molar refractivity (Wildman–Crippen MR) is 134 cm³/mol. The number of thiophene rings is 1. The summed E-state index contributed by atoms with van der Waals surface area (Å²) in [4.78, 5) is 22.5. The molecule has 1 amide bonds. The topological polar surface area (TPSA) is 59.2 Å². The van der Waals surface area contributed by atoms with Crippen molar-refractivity contribution in [3.63, 3.8) is 0 Å². The molecule has 3 aromatic rings. The van der Waals surface area contributed by atoms with Gasteiger partial charge in [-0.05, 0) is 49.9 Å². The van der Waals surface area contributed by atoms with Crippen LogP contribution in [0.3, 0.4) is 0 Å². The molecule has 6 heteroatoms. The highest BCUT2D eigenvalue weighted by Crippen LogP contribution is 2.38. The fourth-order valence-electron chi connectivity index (χ4n) is 5.40. The molecule has 5 rings (SSSR count). The van der Waals surface area contributed by atoms with E-state index >= 15 is 0 Å². The third-order valence-electron chi connectivity index (χ3n) is 7.10. The number of nitrogens with two attached hydrogens (primary N) is 1. The summed E-state index contributed by atoms with van der Waals surface area (Å²) in [7, 11) is 0. The van der Waals surface area contributed by atoms with Gasteiger partial charge < -0.3 is 10.6 Å². The van der Waals surface area contributed by atoms with Gasteiger partial charge in [-0.1, -0.05) is 62.3 Å². The molecule has 0 saturated heterocycles. The van der Waals surface area contributed by atoms with E-state index in [1.807, 2.05) is 36.4 Å². The Morgan fingerprint density at radius 3 is 2.09 bits per heavy atom. The van der Waals surface area contributed by atoms with Crippen molar-refractivity contribution < 1.29 is 4.79 Å². The zero-order valence-electron chi connectivity index (χ0n) is 18.4. The normalized spacial score (nSPS) is 18.2. The quantitative estimate of drug-likeness (QED) is 0.437. The second-order valence-electron chi connectivity index (χ2n) is 9.20. The first-order valence-corrected chi connectivity index (χ1v) is 13.1. The predicted octanol–water partition coefficient (Wildman–Crippen LogP) is 7.31. The molecule has 0 bridgehead atoms. The lowest BCUT2D eigenvalue weighted by Crippen LogP contribution is -2.48. The smallest absolute Gasteiger partial charge is 0.266 e. The van der Waals surface area contributed by atoms with Crippen LogP contribution in [0.4, 0.5) is 5.69 Å². The molecule has 0 atom stereocenters. The van der Waals surface area contributed by atoms with Gasteiger partial charge in [-0.3, -0.25) is 4.79 Å². The van der Waals surface area contributed by atoms with Crippen LogP contribution in [0.2, 0.25) is 5.02 Å². The van der Waals surface area contributed by atoms with E-state index in [0.717, 1.165) is 47.2 Å². The van der Waals surface area contributed by atoms with Crippen molar-refractivity contribution in [2.75, 3.05) is 5.73 Å². The lowest BCUT2D eigenvalue weighted by molar-refractivity contribution is 0.0454. The zero-order valence-corrected chi connectivity index (χ0v) is 19.9. The summed E-state index contributed by atoms with van der Waals surface area (Å²) in [6.45, 7) is 0. The fourth-order valence-corrected chi connectivity index (χ4v) is 6.57. The number of nitrogen functional groups attached to an aromatic ring is 1. The van der Waals surface area contributed by atoms with Gasteiger partial charge in [0.2, 0.25) is 0 Å². The molecule has 4 nitrogen and oxygen atoms in total. The van der Waals surface area contributed by atoms with E-state index in [4.69, 9.17) is 22.3 Å². The number of rotatable bonds is 4. The molecule has 0 unspecified atom stereocenters. The molecule has 1 aromatic carbocycles. The number of halogens is 1. The molecule has 2 N–H and O–H groups in total. The number of benzene rings is 1. The Labute approximate surface area is 198 Å². The van der Waals surface area contributed by atoms with E-state index in [-0.39, 0.29) is 5.91 Å². The van der Waals surface area contributed by atoms with Crippen LogP contribution >= 0.6 is 22.9 Å². The summed E-state index contributed by atoms with van der Waals surface area (Å²) in [5.41, 5.74) is 9.00. The van der Waals surface area contributed by atoms with Gasteiger partial charge in [0.25, 0.3) is 5.91 Å². The van der Waals surface area contributed by atoms with Crippen molar-refractivity contribution in [2.24, 2.45) is 0 Å². The molecule has 32 heavy (non-hydrogen) atoms. The van der Waals surface area contributed by atoms with Crippen molar-refractivity contribution >= 4 is 44.7 Å². The van der Waals surface area contributed by atoms with E-state index in [9.17, 15) is 4.79 Å². The van der Waals surface area contributed by atoms with E-state index in [2.05, 4.69) is 4.90 Å². The van der Waals surface area contributed by atoms with Crippen molar-refractivity contribution in [3.05, 3.63) is 46.3 Å². The number of amides is 1. The summed E-state index contributed by atoms with van der Waals surface area (Å²) in [6.07, 6.45) is 11.9. The monoisotopic (exact) mass is 467 g/mol. The van der Waals surface area contributed by atoms with Crippen LogP contribution in [0.5, 0.6) is 0 Å². The molecule has 2 heterocycles. The summed E-state index contributed by atoms with van der Waals surface area (Å²) >= 11 is 7.48. The summed E-state index contributed by atoms with van der Waals surface area (Å²) in [5, 5.41) is 1.58. The maximum absolute atomic E-state index is 13.9. The number of nitrogens with zero attached hydrogens (tertiary/aromatic N) is 2. The number of hydrogen-bond donors (Lipinski definition) is 1. The van der Waals surface area contributed by atoms with Crippen LogP contribution in [0, 0.1) is 0 Å². The second kappa shape index (κ2) is 9.40. The molecular weight excluding hydrogens is 438 g/mol. The first-order valence-electron chi connectivity index (χ1n) is 11.9. The lowest BCUT2D eigenvalue weighted by atomic mass is 9.88. The highest BCUT2D eigenvalue weighted by atomic mass is 35.5.